The summed E-state index contributed by atoms with van der Waals surface area (Å²) in [7, 11) is 0. The minimum Gasteiger partial charge on any atom is -0.505 e. The average molecular weight is 500 g/mol. The molecule has 1 aliphatic heterocycles. The maximum Gasteiger partial charge on any atom is 0.234 e. The number of aromatic hydroxyl groups is 1. The van der Waals surface area contributed by atoms with Crippen molar-refractivity contribution in [2.45, 2.75) is 83.8 Å². The first kappa shape index (κ1) is 26.6. The smallest absolute Gasteiger partial charge is 0.234 e. The zero-order valence-electron chi connectivity index (χ0n) is 21.3. The number of phenolic OH excluding ortho intramolecular Hbond substituents is 1. The van der Waals surface area contributed by atoms with Crippen molar-refractivity contribution in [3.8, 4) is 5.75 Å². The Morgan fingerprint density at radius 2 is 1.92 bits per heavy atom. The maximum absolute atomic E-state index is 13.7. The summed E-state index contributed by atoms with van der Waals surface area (Å²) in [4.78, 5) is 28.3. The normalized spacial score (nSPS) is 26.5. The zero-order chi connectivity index (χ0) is 26.0. The number of hydrogen-bond acceptors (Lipinski definition) is 5. The zero-order valence-corrected chi connectivity index (χ0v) is 21.3. The second-order valence-corrected chi connectivity index (χ2v) is 10.6. The molecule has 4 rings (SSSR count). The minimum absolute atomic E-state index is 0.0423. The Labute approximate surface area is 212 Å². The molecule has 2 aliphatic carbocycles. The number of phenols is 1. The topological polar surface area (TPSA) is 98.1 Å². The summed E-state index contributed by atoms with van der Waals surface area (Å²) < 4.78 is 13.7. The molecule has 0 spiro atoms. The Bertz CT molecular complexity index is 1060. The van der Waals surface area contributed by atoms with Crippen LogP contribution in [0.5, 0.6) is 5.75 Å². The molecular weight excluding hydrogens is 461 g/mol. The summed E-state index contributed by atoms with van der Waals surface area (Å²) in [5, 5.41) is 31.0. The van der Waals surface area contributed by atoms with Crippen molar-refractivity contribution in [3.63, 3.8) is 0 Å². The Hall–Kier alpha value is -2.51. The molecule has 0 radical (unpaired) electrons. The van der Waals surface area contributed by atoms with Crippen LogP contribution < -0.4 is 0 Å². The third kappa shape index (κ3) is 5.14. The van der Waals surface area contributed by atoms with Crippen molar-refractivity contribution in [3.05, 3.63) is 46.3 Å². The number of allylic oxidation sites excluding steroid dienone is 2. The van der Waals surface area contributed by atoms with E-state index in [4.69, 9.17) is 0 Å². The van der Waals surface area contributed by atoms with Gasteiger partial charge < -0.3 is 15.3 Å². The molecule has 1 saturated heterocycles. The van der Waals surface area contributed by atoms with Crippen LogP contribution in [0.25, 0.3) is 6.08 Å². The van der Waals surface area contributed by atoms with E-state index in [2.05, 4.69) is 0 Å². The molecule has 6 nitrogen and oxygen atoms in total. The number of benzene rings is 1. The number of nitrogens with zero attached hydrogens (tertiary/aromatic N) is 1. The van der Waals surface area contributed by atoms with Gasteiger partial charge in [0.05, 0.1) is 24.5 Å². The summed E-state index contributed by atoms with van der Waals surface area (Å²) in [5.41, 5.74) is 3.23. The first-order valence-corrected chi connectivity index (χ1v) is 13.3. The molecule has 3 aliphatic rings. The molecule has 1 saturated carbocycles. The number of imide groups is 1. The van der Waals surface area contributed by atoms with Crippen LogP contribution in [-0.2, 0) is 9.59 Å². The Kier molecular flexibility index (Phi) is 8.30. The van der Waals surface area contributed by atoms with Crippen LogP contribution >= 0.6 is 0 Å². The van der Waals surface area contributed by atoms with E-state index < -0.39 is 35.4 Å². The average Bonchev–Trinajstić information content (AvgIpc) is 3.12. The van der Waals surface area contributed by atoms with Crippen LogP contribution in [-0.4, -0.2) is 50.8 Å². The first-order valence-electron chi connectivity index (χ1n) is 13.3. The van der Waals surface area contributed by atoms with E-state index in [1.165, 1.54) is 17.0 Å². The van der Waals surface area contributed by atoms with Gasteiger partial charge >= 0.3 is 0 Å². The van der Waals surface area contributed by atoms with Gasteiger partial charge in [-0.25, -0.2) is 4.39 Å². The summed E-state index contributed by atoms with van der Waals surface area (Å²) in [6.45, 7) is 3.60. The quantitative estimate of drug-likeness (QED) is 0.355. The largest absolute Gasteiger partial charge is 0.505 e. The highest BCUT2D eigenvalue weighted by Crippen LogP contribution is 2.47. The number of carbonyl (C=O) groups excluding carboxylic acids is 2. The van der Waals surface area contributed by atoms with Crippen molar-refractivity contribution >= 4 is 17.9 Å². The van der Waals surface area contributed by atoms with Gasteiger partial charge in [0, 0.05) is 12.0 Å². The van der Waals surface area contributed by atoms with Gasteiger partial charge in [-0.05, 0) is 68.7 Å². The van der Waals surface area contributed by atoms with Crippen LogP contribution in [0.3, 0.4) is 0 Å². The van der Waals surface area contributed by atoms with Gasteiger partial charge in [0.15, 0.2) is 11.6 Å². The van der Waals surface area contributed by atoms with Crippen molar-refractivity contribution in [2.24, 2.45) is 17.8 Å². The fourth-order valence-corrected chi connectivity index (χ4v) is 6.52. The molecule has 0 unspecified atom stereocenters. The second kappa shape index (κ2) is 11.3. The molecule has 4 atom stereocenters. The highest BCUT2D eigenvalue weighted by Gasteiger charge is 2.55. The number of amides is 2. The number of aliphatic hydroxyl groups excluding tert-OH is 2. The third-order valence-corrected chi connectivity index (χ3v) is 8.39. The van der Waals surface area contributed by atoms with Crippen LogP contribution in [0.1, 0.15) is 77.2 Å². The van der Waals surface area contributed by atoms with E-state index in [-0.39, 0.29) is 24.5 Å². The number of aliphatic hydroxyl groups is 2. The summed E-state index contributed by atoms with van der Waals surface area (Å²) >= 11 is 0. The van der Waals surface area contributed by atoms with E-state index >= 15 is 0 Å². The molecule has 36 heavy (non-hydrogen) atoms. The van der Waals surface area contributed by atoms with Gasteiger partial charge in [-0.2, -0.15) is 0 Å². The van der Waals surface area contributed by atoms with E-state index in [1.807, 2.05) is 19.9 Å². The van der Waals surface area contributed by atoms with Crippen LogP contribution in [0.2, 0.25) is 0 Å². The standard InChI is InChI=1S/C29H38FNO5/c1-3-18(14-19-10-11-24(33)23(30)15-19)9-12-25(34)26-17(2)13-21-27(22(26)16-32)29(36)31(28(21)35)20-7-5-4-6-8-20/h10-11,14-15,20-22,25,27,32-34H,3-9,12-13,16H2,1-2H3/b18-14+/t21-,22+,25-,27-/m1/s1. The number of fused-ring (bicyclic) bond motifs is 1. The SMILES string of the molecule is CC/C(=C\c1ccc(O)c(F)c1)CC[C@@H](O)C1=C(C)C[C@H]2C(=O)N(C3CCCCC3)C(=O)[C@H]2[C@H]1CO. The molecule has 0 bridgehead atoms. The van der Waals surface area contributed by atoms with Crippen molar-refractivity contribution in [1.29, 1.82) is 0 Å². The van der Waals surface area contributed by atoms with Gasteiger partial charge in [0.1, 0.15) is 0 Å². The number of carbonyl (C=O) groups is 2. The van der Waals surface area contributed by atoms with Crippen molar-refractivity contribution < 1.29 is 29.3 Å². The fraction of sp³-hybridized carbons (Fsp3) is 0.586. The minimum atomic E-state index is -0.846. The van der Waals surface area contributed by atoms with E-state index in [9.17, 15) is 29.3 Å². The molecule has 1 aromatic rings. The lowest BCUT2D eigenvalue weighted by Crippen LogP contribution is -2.42. The Balaban J connectivity index is 1.50. The van der Waals surface area contributed by atoms with Crippen molar-refractivity contribution in [1.82, 2.24) is 4.90 Å². The van der Waals surface area contributed by atoms with Gasteiger partial charge in [-0.3, -0.25) is 14.5 Å². The van der Waals surface area contributed by atoms with E-state index in [1.54, 1.807) is 6.07 Å². The lowest BCUT2D eigenvalue weighted by atomic mass is 9.68. The molecule has 196 valence electrons. The lowest BCUT2D eigenvalue weighted by Gasteiger charge is -2.35. The van der Waals surface area contributed by atoms with E-state index in [0.717, 1.165) is 43.3 Å². The molecule has 2 fully saturated rings. The summed E-state index contributed by atoms with van der Waals surface area (Å²) in [6.07, 6.45) is 7.98. The predicted molar refractivity (Wildman–Crippen MR) is 135 cm³/mol. The van der Waals surface area contributed by atoms with Crippen LogP contribution in [0.15, 0.2) is 34.9 Å². The Morgan fingerprint density at radius 3 is 2.56 bits per heavy atom. The molecule has 7 heteroatoms. The van der Waals surface area contributed by atoms with Gasteiger partial charge in [-0.1, -0.05) is 49.5 Å². The molecule has 3 N–H and O–H groups in total. The van der Waals surface area contributed by atoms with Crippen molar-refractivity contribution in [2.75, 3.05) is 6.61 Å². The predicted octanol–water partition coefficient (Wildman–Crippen LogP) is 4.73. The van der Waals surface area contributed by atoms with Crippen LogP contribution in [0.4, 0.5) is 4.39 Å². The van der Waals surface area contributed by atoms with Gasteiger partial charge in [0.2, 0.25) is 11.8 Å². The number of rotatable bonds is 8. The molecule has 2 amide bonds. The Morgan fingerprint density at radius 1 is 1.19 bits per heavy atom. The fourth-order valence-electron chi connectivity index (χ4n) is 6.52. The molecular formula is C29H38FNO5. The second-order valence-electron chi connectivity index (χ2n) is 10.6. The molecule has 0 aromatic heterocycles. The van der Waals surface area contributed by atoms with Crippen LogP contribution in [0, 0.1) is 23.6 Å². The number of hydrogen-bond donors (Lipinski definition) is 3. The third-order valence-electron chi connectivity index (χ3n) is 8.39. The van der Waals surface area contributed by atoms with Gasteiger partial charge in [0.25, 0.3) is 0 Å². The summed E-state index contributed by atoms with van der Waals surface area (Å²) in [6, 6.07) is 4.19. The highest BCUT2D eigenvalue weighted by molar-refractivity contribution is 6.06. The lowest BCUT2D eigenvalue weighted by molar-refractivity contribution is -0.143. The maximum atomic E-state index is 13.7. The van der Waals surface area contributed by atoms with Gasteiger partial charge in [-0.15, -0.1) is 0 Å². The monoisotopic (exact) mass is 499 g/mol. The van der Waals surface area contributed by atoms with E-state index in [0.29, 0.717) is 36.8 Å². The summed E-state index contributed by atoms with van der Waals surface area (Å²) in [5.74, 6) is -3.00. The number of likely N-dealkylation sites (tertiary alicyclic amines) is 1. The number of halogens is 1. The molecule has 1 aromatic carbocycles. The first-order chi connectivity index (χ1) is 17.3. The molecule has 1 heterocycles. The highest BCUT2D eigenvalue weighted by atomic mass is 19.1.